The van der Waals surface area contributed by atoms with E-state index in [1.165, 1.54) is 19.3 Å². The molecule has 1 aromatic heterocycles. The van der Waals surface area contributed by atoms with Crippen LogP contribution in [-0.2, 0) is 0 Å². The van der Waals surface area contributed by atoms with E-state index in [2.05, 4.69) is 30.2 Å². The standard InChI is InChI=1S/C16H26N2O/c1-11(2)19-16-15(6-5-9-17-16)18-14-8-7-12(3)10-13(14)4/h5-6,9,11-14,18H,7-8,10H2,1-4H3. The van der Waals surface area contributed by atoms with Gasteiger partial charge in [0.15, 0.2) is 0 Å². The Hall–Kier alpha value is -1.25. The number of nitrogens with zero attached hydrogens (tertiary/aromatic N) is 1. The van der Waals surface area contributed by atoms with Gasteiger partial charge >= 0.3 is 0 Å². The Morgan fingerprint density at radius 3 is 2.79 bits per heavy atom. The summed E-state index contributed by atoms with van der Waals surface area (Å²) in [6, 6.07) is 4.57. The lowest BCUT2D eigenvalue weighted by Crippen LogP contribution is -2.33. The predicted octanol–water partition coefficient (Wildman–Crippen LogP) is 4.11. The van der Waals surface area contributed by atoms with Gasteiger partial charge in [-0.1, -0.05) is 13.8 Å². The van der Waals surface area contributed by atoms with Crippen molar-refractivity contribution in [2.75, 3.05) is 5.32 Å². The molecule has 1 N–H and O–H groups in total. The maximum Gasteiger partial charge on any atom is 0.237 e. The van der Waals surface area contributed by atoms with Crippen LogP contribution in [0.2, 0.25) is 0 Å². The molecular formula is C16H26N2O. The second-order valence-corrected chi connectivity index (χ2v) is 6.17. The number of ether oxygens (including phenoxy) is 1. The molecule has 0 amide bonds. The molecule has 2 rings (SSSR count). The molecule has 1 heterocycles. The van der Waals surface area contributed by atoms with E-state index in [0.29, 0.717) is 12.0 Å². The number of aromatic nitrogens is 1. The molecule has 3 nitrogen and oxygen atoms in total. The molecule has 1 aliphatic rings. The molecule has 19 heavy (non-hydrogen) atoms. The molecule has 106 valence electrons. The van der Waals surface area contributed by atoms with Crippen LogP contribution in [0.5, 0.6) is 5.88 Å². The minimum absolute atomic E-state index is 0.152. The number of hydrogen-bond acceptors (Lipinski definition) is 3. The van der Waals surface area contributed by atoms with Crippen LogP contribution < -0.4 is 10.1 Å². The molecule has 1 fully saturated rings. The van der Waals surface area contributed by atoms with Gasteiger partial charge in [0.25, 0.3) is 0 Å². The van der Waals surface area contributed by atoms with Crippen LogP contribution in [0.4, 0.5) is 5.69 Å². The van der Waals surface area contributed by atoms with Gasteiger partial charge in [-0.05, 0) is 57.1 Å². The molecule has 0 saturated heterocycles. The minimum Gasteiger partial charge on any atom is -0.473 e. The van der Waals surface area contributed by atoms with E-state index in [0.717, 1.165) is 17.5 Å². The minimum atomic E-state index is 0.152. The van der Waals surface area contributed by atoms with E-state index in [1.807, 2.05) is 19.9 Å². The summed E-state index contributed by atoms with van der Waals surface area (Å²) in [5, 5.41) is 3.64. The summed E-state index contributed by atoms with van der Waals surface area (Å²) in [4.78, 5) is 4.34. The molecule has 3 unspecified atom stereocenters. The summed E-state index contributed by atoms with van der Waals surface area (Å²) < 4.78 is 5.77. The molecular weight excluding hydrogens is 236 g/mol. The summed E-state index contributed by atoms with van der Waals surface area (Å²) >= 11 is 0. The summed E-state index contributed by atoms with van der Waals surface area (Å²) in [7, 11) is 0. The van der Waals surface area contributed by atoms with E-state index in [1.54, 1.807) is 6.20 Å². The van der Waals surface area contributed by atoms with Crippen molar-refractivity contribution in [3.63, 3.8) is 0 Å². The van der Waals surface area contributed by atoms with Crippen molar-refractivity contribution in [3.8, 4) is 5.88 Å². The maximum atomic E-state index is 5.77. The number of pyridine rings is 1. The van der Waals surface area contributed by atoms with E-state index in [4.69, 9.17) is 4.74 Å². The van der Waals surface area contributed by atoms with E-state index in [9.17, 15) is 0 Å². The Morgan fingerprint density at radius 2 is 2.11 bits per heavy atom. The maximum absolute atomic E-state index is 5.77. The van der Waals surface area contributed by atoms with Crippen molar-refractivity contribution >= 4 is 5.69 Å². The van der Waals surface area contributed by atoms with Crippen molar-refractivity contribution in [3.05, 3.63) is 18.3 Å². The van der Waals surface area contributed by atoms with Gasteiger partial charge in [-0.3, -0.25) is 0 Å². The molecule has 3 atom stereocenters. The van der Waals surface area contributed by atoms with E-state index in [-0.39, 0.29) is 6.10 Å². The second kappa shape index (κ2) is 6.27. The van der Waals surface area contributed by atoms with Crippen LogP contribution in [0.15, 0.2) is 18.3 Å². The van der Waals surface area contributed by atoms with Gasteiger partial charge in [0, 0.05) is 12.2 Å². The molecule has 1 aromatic rings. The van der Waals surface area contributed by atoms with Crippen molar-refractivity contribution in [2.24, 2.45) is 11.8 Å². The van der Waals surface area contributed by atoms with Crippen LogP contribution in [0.1, 0.15) is 47.0 Å². The molecule has 0 aliphatic heterocycles. The zero-order valence-corrected chi connectivity index (χ0v) is 12.5. The molecule has 0 radical (unpaired) electrons. The zero-order valence-electron chi connectivity index (χ0n) is 12.5. The fourth-order valence-electron chi connectivity index (χ4n) is 2.90. The monoisotopic (exact) mass is 262 g/mol. The first-order valence-corrected chi connectivity index (χ1v) is 7.44. The van der Waals surface area contributed by atoms with Gasteiger partial charge in [0.1, 0.15) is 0 Å². The highest BCUT2D eigenvalue weighted by Crippen LogP contribution is 2.32. The molecule has 3 heteroatoms. The van der Waals surface area contributed by atoms with Crippen molar-refractivity contribution in [2.45, 2.75) is 59.1 Å². The Morgan fingerprint density at radius 1 is 1.32 bits per heavy atom. The molecule has 0 aromatic carbocycles. The van der Waals surface area contributed by atoms with Crippen LogP contribution in [0.3, 0.4) is 0 Å². The number of hydrogen-bond donors (Lipinski definition) is 1. The third-order valence-corrected chi connectivity index (χ3v) is 3.89. The Labute approximate surface area is 116 Å². The summed E-state index contributed by atoms with van der Waals surface area (Å²) in [5.74, 6) is 2.28. The van der Waals surface area contributed by atoms with Gasteiger partial charge < -0.3 is 10.1 Å². The molecule has 1 aliphatic carbocycles. The predicted molar refractivity (Wildman–Crippen MR) is 79.6 cm³/mol. The second-order valence-electron chi connectivity index (χ2n) is 6.17. The lowest BCUT2D eigenvalue weighted by Gasteiger charge is -2.34. The van der Waals surface area contributed by atoms with Gasteiger partial charge in [-0.2, -0.15) is 0 Å². The SMILES string of the molecule is CC1CCC(Nc2cccnc2OC(C)C)C(C)C1. The Balaban J connectivity index is 2.06. The first kappa shape index (κ1) is 14.2. The highest BCUT2D eigenvalue weighted by Gasteiger charge is 2.26. The van der Waals surface area contributed by atoms with Crippen LogP contribution >= 0.6 is 0 Å². The third-order valence-electron chi connectivity index (χ3n) is 3.89. The van der Waals surface area contributed by atoms with Crippen molar-refractivity contribution < 1.29 is 4.74 Å². The van der Waals surface area contributed by atoms with Gasteiger partial charge in [-0.15, -0.1) is 0 Å². The lowest BCUT2D eigenvalue weighted by atomic mass is 9.80. The number of anilines is 1. The fourth-order valence-corrected chi connectivity index (χ4v) is 2.90. The van der Waals surface area contributed by atoms with Gasteiger partial charge in [-0.25, -0.2) is 4.98 Å². The normalized spacial score (nSPS) is 27.3. The topological polar surface area (TPSA) is 34.2 Å². The largest absolute Gasteiger partial charge is 0.473 e. The van der Waals surface area contributed by atoms with Crippen LogP contribution in [-0.4, -0.2) is 17.1 Å². The van der Waals surface area contributed by atoms with Crippen molar-refractivity contribution in [1.29, 1.82) is 0 Å². The summed E-state index contributed by atoms with van der Waals surface area (Å²) in [6.07, 6.45) is 5.79. The molecule has 1 saturated carbocycles. The lowest BCUT2D eigenvalue weighted by molar-refractivity contribution is 0.232. The summed E-state index contributed by atoms with van der Waals surface area (Å²) in [6.45, 7) is 8.75. The first-order chi connectivity index (χ1) is 9.06. The van der Waals surface area contributed by atoms with Gasteiger partial charge in [0.05, 0.1) is 11.8 Å². The average molecular weight is 262 g/mol. The highest BCUT2D eigenvalue weighted by molar-refractivity contribution is 5.53. The molecule has 0 spiro atoms. The zero-order chi connectivity index (χ0) is 13.8. The van der Waals surface area contributed by atoms with Crippen LogP contribution in [0, 0.1) is 11.8 Å². The Kier molecular flexibility index (Phi) is 4.67. The fraction of sp³-hybridized carbons (Fsp3) is 0.688. The van der Waals surface area contributed by atoms with E-state index < -0.39 is 0 Å². The third kappa shape index (κ3) is 3.85. The Bertz CT molecular complexity index is 405. The first-order valence-electron chi connectivity index (χ1n) is 7.44. The average Bonchev–Trinajstić information content (AvgIpc) is 2.34. The smallest absolute Gasteiger partial charge is 0.237 e. The van der Waals surface area contributed by atoms with Crippen molar-refractivity contribution in [1.82, 2.24) is 4.98 Å². The van der Waals surface area contributed by atoms with Gasteiger partial charge in [0.2, 0.25) is 5.88 Å². The molecule has 0 bridgehead atoms. The summed E-state index contributed by atoms with van der Waals surface area (Å²) in [5.41, 5.74) is 1.03. The van der Waals surface area contributed by atoms with E-state index >= 15 is 0 Å². The number of nitrogens with one attached hydrogen (secondary N) is 1. The van der Waals surface area contributed by atoms with Crippen LogP contribution in [0.25, 0.3) is 0 Å². The number of rotatable bonds is 4. The quantitative estimate of drug-likeness (QED) is 0.886. The highest BCUT2D eigenvalue weighted by atomic mass is 16.5.